The second kappa shape index (κ2) is 6.27. The summed E-state index contributed by atoms with van der Waals surface area (Å²) in [5.74, 6) is -0.807. The van der Waals surface area contributed by atoms with Gasteiger partial charge in [-0.2, -0.15) is 4.98 Å². The van der Waals surface area contributed by atoms with E-state index in [4.69, 9.17) is 32.9 Å². The summed E-state index contributed by atoms with van der Waals surface area (Å²) in [4.78, 5) is 4.27. The Labute approximate surface area is 164 Å². The largest absolute Gasteiger partial charge is 0.339 e. The summed E-state index contributed by atoms with van der Waals surface area (Å²) in [7, 11) is -3.79. The lowest BCUT2D eigenvalue weighted by molar-refractivity contribution is 0.378. The third kappa shape index (κ3) is 3.34. The zero-order chi connectivity index (χ0) is 19.4. The summed E-state index contributed by atoms with van der Waals surface area (Å²) in [5, 5.41) is 8.96. The number of rotatable bonds is 4. The normalized spacial score (nSPS) is 21.2. The summed E-state index contributed by atoms with van der Waals surface area (Å²) < 4.78 is 40.2. The Morgan fingerprint density at radius 2 is 1.81 bits per heavy atom. The molecule has 27 heavy (non-hydrogen) atoms. The molecule has 1 heterocycles. The van der Waals surface area contributed by atoms with Crippen LogP contribution >= 0.6 is 23.2 Å². The van der Waals surface area contributed by atoms with Gasteiger partial charge in [0.25, 0.3) is 0 Å². The molecular formula is C17H12Cl2FN3O3S. The molecule has 2 atom stereocenters. The Bertz CT molecular complexity index is 1120. The Kier molecular flexibility index (Phi) is 4.27. The molecule has 2 N–H and O–H groups in total. The Morgan fingerprint density at radius 1 is 1.11 bits per heavy atom. The third-order valence-corrected chi connectivity index (χ3v) is 6.28. The van der Waals surface area contributed by atoms with E-state index >= 15 is 0 Å². The maximum absolute atomic E-state index is 13.4. The van der Waals surface area contributed by atoms with E-state index in [-0.39, 0.29) is 22.5 Å². The molecule has 0 aliphatic heterocycles. The number of hydrogen-bond donors (Lipinski definition) is 1. The molecule has 140 valence electrons. The number of halogens is 3. The molecular weight excluding hydrogens is 416 g/mol. The lowest BCUT2D eigenvalue weighted by Gasteiger charge is -2.02. The number of nitrogens with zero attached hydrogens (tertiary/aromatic N) is 2. The molecule has 1 unspecified atom stereocenters. The van der Waals surface area contributed by atoms with Crippen LogP contribution in [0.15, 0.2) is 57.9 Å². The maximum Gasteiger partial charge on any atom is 0.238 e. The van der Waals surface area contributed by atoms with Crippen molar-refractivity contribution in [3.05, 3.63) is 65.8 Å². The van der Waals surface area contributed by atoms with Gasteiger partial charge in [-0.15, -0.1) is 23.2 Å². The van der Waals surface area contributed by atoms with Crippen molar-refractivity contribution in [2.45, 2.75) is 21.1 Å². The second-order valence-electron chi connectivity index (χ2n) is 6.21. The van der Waals surface area contributed by atoms with Crippen LogP contribution in [0.5, 0.6) is 0 Å². The molecule has 10 heteroatoms. The van der Waals surface area contributed by atoms with Crippen molar-refractivity contribution >= 4 is 33.2 Å². The van der Waals surface area contributed by atoms with Gasteiger partial charge in [-0.05, 0) is 29.8 Å². The molecule has 0 amide bonds. The number of sulfonamides is 1. The van der Waals surface area contributed by atoms with Crippen molar-refractivity contribution in [1.82, 2.24) is 10.1 Å². The summed E-state index contributed by atoms with van der Waals surface area (Å²) in [6.07, 6.45) is 0. The van der Waals surface area contributed by atoms with Gasteiger partial charge >= 0.3 is 0 Å². The van der Waals surface area contributed by atoms with Crippen molar-refractivity contribution in [2.24, 2.45) is 5.14 Å². The van der Waals surface area contributed by atoms with Crippen molar-refractivity contribution in [1.29, 1.82) is 0 Å². The van der Waals surface area contributed by atoms with Crippen molar-refractivity contribution in [3.63, 3.8) is 0 Å². The fraction of sp³-hybridized carbons (Fsp3) is 0.176. The van der Waals surface area contributed by atoms with Crippen LogP contribution in [0.4, 0.5) is 4.39 Å². The van der Waals surface area contributed by atoms with Crippen LogP contribution in [0.25, 0.3) is 11.4 Å². The zero-order valence-electron chi connectivity index (χ0n) is 13.5. The van der Waals surface area contributed by atoms with Gasteiger partial charge in [0.15, 0.2) is 0 Å². The first-order valence-electron chi connectivity index (χ1n) is 7.78. The highest BCUT2D eigenvalue weighted by molar-refractivity contribution is 7.89. The van der Waals surface area contributed by atoms with Crippen LogP contribution < -0.4 is 5.14 Å². The third-order valence-electron chi connectivity index (χ3n) is 4.41. The van der Waals surface area contributed by atoms with Gasteiger partial charge in [0.2, 0.25) is 21.7 Å². The first-order valence-corrected chi connectivity index (χ1v) is 10.1. The highest BCUT2D eigenvalue weighted by atomic mass is 35.5. The molecule has 1 fully saturated rings. The molecule has 1 aromatic heterocycles. The molecule has 6 nitrogen and oxygen atoms in total. The van der Waals surface area contributed by atoms with E-state index in [0.29, 0.717) is 11.1 Å². The van der Waals surface area contributed by atoms with E-state index in [2.05, 4.69) is 10.1 Å². The molecule has 2 aromatic carbocycles. The van der Waals surface area contributed by atoms with E-state index in [1.807, 2.05) is 0 Å². The predicted octanol–water partition coefficient (Wildman–Crippen LogP) is 3.58. The zero-order valence-corrected chi connectivity index (χ0v) is 15.8. The first kappa shape index (κ1) is 18.4. The van der Waals surface area contributed by atoms with Crippen LogP contribution in [-0.4, -0.2) is 22.9 Å². The van der Waals surface area contributed by atoms with Crippen LogP contribution in [0.2, 0.25) is 0 Å². The van der Waals surface area contributed by atoms with E-state index < -0.39 is 26.1 Å². The molecule has 0 radical (unpaired) electrons. The average Bonchev–Trinajstić information content (AvgIpc) is 2.94. The van der Waals surface area contributed by atoms with Gasteiger partial charge in [0.1, 0.15) is 10.2 Å². The topological polar surface area (TPSA) is 99.1 Å². The van der Waals surface area contributed by atoms with Gasteiger partial charge in [-0.25, -0.2) is 17.9 Å². The number of alkyl halides is 2. The van der Waals surface area contributed by atoms with E-state index in [1.54, 1.807) is 24.3 Å². The maximum atomic E-state index is 13.4. The highest BCUT2D eigenvalue weighted by Crippen LogP contribution is 2.69. The lowest BCUT2D eigenvalue weighted by Crippen LogP contribution is -2.11. The summed E-state index contributed by atoms with van der Waals surface area (Å²) in [6.45, 7) is 0. The van der Waals surface area contributed by atoms with Crippen LogP contribution in [0, 0.1) is 5.82 Å². The predicted molar refractivity (Wildman–Crippen MR) is 97.4 cm³/mol. The van der Waals surface area contributed by atoms with Gasteiger partial charge in [0, 0.05) is 11.5 Å². The minimum atomic E-state index is -3.79. The Hall–Kier alpha value is -2.00. The number of nitrogens with two attached hydrogens (primary N) is 1. The van der Waals surface area contributed by atoms with E-state index in [0.717, 1.165) is 0 Å². The molecule has 3 aromatic rings. The van der Waals surface area contributed by atoms with Crippen LogP contribution in [0.1, 0.15) is 23.3 Å². The summed E-state index contributed by atoms with van der Waals surface area (Å²) in [5.41, 5.74) is 1.18. The fourth-order valence-corrected chi connectivity index (χ4v) is 4.35. The SMILES string of the molecule is NS(=O)(=O)c1ccc(C2[C@H](c3nc(-c4cccc(F)c4)no3)C2(Cl)Cl)cc1. The Morgan fingerprint density at radius 3 is 2.44 bits per heavy atom. The number of primary sulfonamides is 1. The summed E-state index contributed by atoms with van der Waals surface area (Å²) >= 11 is 12.8. The van der Waals surface area contributed by atoms with Gasteiger partial charge in [-0.1, -0.05) is 29.4 Å². The number of aromatic nitrogens is 2. The minimum Gasteiger partial charge on any atom is -0.339 e. The van der Waals surface area contributed by atoms with Gasteiger partial charge in [-0.3, -0.25) is 0 Å². The molecule has 0 spiro atoms. The number of benzene rings is 2. The minimum absolute atomic E-state index is 0.00984. The fourth-order valence-electron chi connectivity index (χ4n) is 3.02. The van der Waals surface area contributed by atoms with Gasteiger partial charge in [0.05, 0.1) is 10.8 Å². The summed E-state index contributed by atoms with van der Waals surface area (Å²) in [6, 6.07) is 11.8. The quantitative estimate of drug-likeness (QED) is 0.641. The van der Waals surface area contributed by atoms with Crippen LogP contribution in [-0.2, 0) is 10.0 Å². The average molecular weight is 428 g/mol. The van der Waals surface area contributed by atoms with Crippen molar-refractivity contribution in [2.75, 3.05) is 0 Å². The van der Waals surface area contributed by atoms with Crippen molar-refractivity contribution < 1.29 is 17.3 Å². The first-order chi connectivity index (χ1) is 12.7. The monoisotopic (exact) mass is 427 g/mol. The van der Waals surface area contributed by atoms with Crippen molar-refractivity contribution in [3.8, 4) is 11.4 Å². The number of hydrogen-bond acceptors (Lipinski definition) is 5. The standard InChI is InChI=1S/C17H12Cl2FN3O3S/c18-17(19)13(9-4-6-12(7-5-9)27(21,24)25)14(17)16-22-15(23-26-16)10-2-1-3-11(20)8-10/h1-8,13-14H,(H2,21,24,25)/t13?,14-/m1/s1. The Balaban J connectivity index is 1.62. The molecule has 0 saturated heterocycles. The molecule has 0 bridgehead atoms. The molecule has 4 rings (SSSR count). The highest BCUT2D eigenvalue weighted by Gasteiger charge is 2.67. The second-order valence-corrected chi connectivity index (χ2v) is 9.22. The van der Waals surface area contributed by atoms with E-state index in [9.17, 15) is 12.8 Å². The molecule has 1 aliphatic rings. The molecule has 1 saturated carbocycles. The van der Waals surface area contributed by atoms with E-state index in [1.165, 1.54) is 24.3 Å². The lowest BCUT2D eigenvalue weighted by atomic mass is 10.1. The molecule has 1 aliphatic carbocycles. The van der Waals surface area contributed by atoms with Crippen LogP contribution in [0.3, 0.4) is 0 Å². The smallest absolute Gasteiger partial charge is 0.238 e. The van der Waals surface area contributed by atoms with Gasteiger partial charge < -0.3 is 4.52 Å².